The van der Waals surface area contributed by atoms with E-state index in [0.29, 0.717) is 25.3 Å². The maximum atomic E-state index is 12.2. The van der Waals surface area contributed by atoms with Gasteiger partial charge in [0.15, 0.2) is 0 Å². The molecule has 0 aliphatic rings. The Morgan fingerprint density at radius 2 is 1.18 bits per heavy atom. The Balaban J connectivity index is 1.19. The Bertz CT molecular complexity index is 1150. The average Bonchev–Trinajstić information content (AvgIpc) is 2.87. The molecule has 1 amide bonds. The Labute approximate surface area is 193 Å². The summed E-state index contributed by atoms with van der Waals surface area (Å²) < 4.78 is 17.3. The van der Waals surface area contributed by atoms with E-state index in [1.165, 1.54) is 0 Å². The third kappa shape index (κ3) is 6.87. The highest BCUT2D eigenvalue weighted by atomic mass is 16.5. The smallest absolute Gasteiger partial charge is 0.251 e. The van der Waals surface area contributed by atoms with E-state index in [9.17, 15) is 4.79 Å². The second kappa shape index (κ2) is 11.4. The minimum atomic E-state index is -0.101. The van der Waals surface area contributed by atoms with Crippen molar-refractivity contribution in [3.63, 3.8) is 0 Å². The fourth-order valence-electron chi connectivity index (χ4n) is 3.17. The Kier molecular flexibility index (Phi) is 7.58. The molecule has 33 heavy (non-hydrogen) atoms. The zero-order chi connectivity index (χ0) is 22.7. The van der Waals surface area contributed by atoms with Crippen LogP contribution in [0.5, 0.6) is 23.0 Å². The third-order valence-electron chi connectivity index (χ3n) is 4.81. The number of benzene rings is 4. The first-order chi connectivity index (χ1) is 16.3. The fourth-order valence-corrected chi connectivity index (χ4v) is 3.17. The number of carbonyl (C=O) groups excluding carboxylic acids is 1. The van der Waals surface area contributed by atoms with Crippen LogP contribution in [0.3, 0.4) is 0 Å². The normalized spacial score (nSPS) is 10.3. The molecule has 0 aliphatic heterocycles. The van der Waals surface area contributed by atoms with Crippen LogP contribution in [0.15, 0.2) is 109 Å². The van der Waals surface area contributed by atoms with Crippen LogP contribution in [0.25, 0.3) is 0 Å². The number of rotatable bonds is 10. The molecule has 4 aromatic rings. The van der Waals surface area contributed by atoms with Gasteiger partial charge in [-0.15, -0.1) is 0 Å². The van der Waals surface area contributed by atoms with Gasteiger partial charge in [0.25, 0.3) is 5.91 Å². The monoisotopic (exact) mass is 439 g/mol. The number of para-hydroxylation sites is 1. The molecule has 0 aromatic heterocycles. The van der Waals surface area contributed by atoms with Crippen molar-refractivity contribution in [2.24, 2.45) is 0 Å². The van der Waals surface area contributed by atoms with Crippen molar-refractivity contribution in [2.75, 3.05) is 13.2 Å². The van der Waals surface area contributed by atoms with Crippen LogP contribution in [0, 0.1) is 0 Å². The van der Waals surface area contributed by atoms with Gasteiger partial charge < -0.3 is 19.5 Å². The van der Waals surface area contributed by atoms with Crippen molar-refractivity contribution in [1.29, 1.82) is 0 Å². The molecule has 0 unspecified atom stereocenters. The molecule has 4 aromatic carbocycles. The van der Waals surface area contributed by atoms with E-state index in [0.717, 1.165) is 28.6 Å². The molecule has 1 N–H and O–H groups in total. The number of nitrogens with one attached hydrogen (secondary N) is 1. The lowest BCUT2D eigenvalue weighted by Crippen LogP contribution is -2.22. The molecule has 0 atom stereocenters. The molecule has 0 saturated heterocycles. The van der Waals surface area contributed by atoms with Gasteiger partial charge in [-0.3, -0.25) is 4.79 Å². The van der Waals surface area contributed by atoms with Crippen LogP contribution in [-0.2, 0) is 6.54 Å². The van der Waals surface area contributed by atoms with Crippen molar-refractivity contribution in [1.82, 2.24) is 5.32 Å². The fraction of sp³-hybridized carbons (Fsp3) is 0.107. The van der Waals surface area contributed by atoms with Gasteiger partial charge in [0.1, 0.15) is 36.2 Å². The second-order valence-electron chi connectivity index (χ2n) is 7.28. The lowest BCUT2D eigenvalue weighted by atomic mass is 10.2. The lowest BCUT2D eigenvalue weighted by Gasteiger charge is -2.11. The first-order valence-corrected chi connectivity index (χ1v) is 10.8. The summed E-state index contributed by atoms with van der Waals surface area (Å²) in [6.45, 7) is 1.24. The molecule has 0 radical (unpaired) electrons. The quantitative estimate of drug-likeness (QED) is 0.314. The molecule has 166 valence electrons. The molecule has 0 aliphatic carbocycles. The molecule has 5 nitrogen and oxygen atoms in total. The molecule has 0 bridgehead atoms. The van der Waals surface area contributed by atoms with Crippen LogP contribution in [0.2, 0.25) is 0 Å². The van der Waals surface area contributed by atoms with Crippen molar-refractivity contribution < 1.29 is 19.0 Å². The molecule has 0 fully saturated rings. The van der Waals surface area contributed by atoms with Crippen molar-refractivity contribution >= 4 is 5.91 Å². The van der Waals surface area contributed by atoms with E-state index in [-0.39, 0.29) is 5.91 Å². The van der Waals surface area contributed by atoms with Gasteiger partial charge in [0, 0.05) is 12.1 Å². The number of carbonyl (C=O) groups is 1. The summed E-state index contributed by atoms with van der Waals surface area (Å²) in [6.07, 6.45) is 0. The minimum absolute atomic E-state index is 0.101. The summed E-state index contributed by atoms with van der Waals surface area (Å²) in [5, 5.41) is 2.92. The van der Waals surface area contributed by atoms with E-state index in [4.69, 9.17) is 14.2 Å². The summed E-state index contributed by atoms with van der Waals surface area (Å²) in [5.41, 5.74) is 1.61. The third-order valence-corrected chi connectivity index (χ3v) is 4.81. The minimum Gasteiger partial charge on any atom is -0.490 e. The molecule has 4 rings (SSSR count). The summed E-state index contributed by atoms with van der Waals surface area (Å²) in [4.78, 5) is 12.2. The zero-order valence-corrected chi connectivity index (χ0v) is 18.1. The first kappa shape index (κ1) is 22.0. The number of hydrogen-bond donors (Lipinski definition) is 1. The van der Waals surface area contributed by atoms with E-state index >= 15 is 0 Å². The summed E-state index contributed by atoms with van der Waals surface area (Å²) in [6, 6.07) is 33.9. The Hall–Kier alpha value is -4.25. The summed E-state index contributed by atoms with van der Waals surface area (Å²) >= 11 is 0. The maximum Gasteiger partial charge on any atom is 0.251 e. The van der Waals surface area contributed by atoms with Gasteiger partial charge >= 0.3 is 0 Å². The van der Waals surface area contributed by atoms with Gasteiger partial charge in [-0.25, -0.2) is 0 Å². The number of hydrogen-bond acceptors (Lipinski definition) is 4. The molecule has 0 heterocycles. The molecule has 5 heteroatoms. The summed E-state index contributed by atoms with van der Waals surface area (Å²) in [5.74, 6) is 2.92. The average molecular weight is 440 g/mol. The second-order valence-corrected chi connectivity index (χ2v) is 7.28. The topological polar surface area (TPSA) is 56.8 Å². The van der Waals surface area contributed by atoms with E-state index in [2.05, 4.69) is 5.32 Å². The van der Waals surface area contributed by atoms with Crippen LogP contribution in [0.1, 0.15) is 15.9 Å². The van der Waals surface area contributed by atoms with Gasteiger partial charge in [-0.05, 0) is 66.2 Å². The van der Waals surface area contributed by atoms with Gasteiger partial charge in [0.2, 0.25) is 0 Å². The number of amides is 1. The van der Waals surface area contributed by atoms with Crippen LogP contribution in [-0.4, -0.2) is 19.1 Å². The van der Waals surface area contributed by atoms with Gasteiger partial charge in [-0.2, -0.15) is 0 Å². The van der Waals surface area contributed by atoms with Crippen molar-refractivity contribution in [3.05, 3.63) is 120 Å². The Morgan fingerprint density at radius 3 is 1.91 bits per heavy atom. The van der Waals surface area contributed by atoms with Crippen LogP contribution < -0.4 is 19.5 Å². The van der Waals surface area contributed by atoms with Gasteiger partial charge in [-0.1, -0.05) is 48.5 Å². The SMILES string of the molecule is O=C(NCc1cccc(OCCOc2ccc(Oc3ccccc3)cc2)c1)c1ccccc1. The van der Waals surface area contributed by atoms with Crippen molar-refractivity contribution in [3.8, 4) is 23.0 Å². The predicted molar refractivity (Wildman–Crippen MR) is 128 cm³/mol. The predicted octanol–water partition coefficient (Wildman–Crippen LogP) is 5.87. The van der Waals surface area contributed by atoms with E-state index in [1.54, 1.807) is 12.1 Å². The highest BCUT2D eigenvalue weighted by Gasteiger charge is 2.05. The van der Waals surface area contributed by atoms with E-state index in [1.807, 2.05) is 97.1 Å². The van der Waals surface area contributed by atoms with Crippen molar-refractivity contribution in [2.45, 2.75) is 6.54 Å². The Morgan fingerprint density at radius 1 is 0.606 bits per heavy atom. The zero-order valence-electron chi connectivity index (χ0n) is 18.1. The highest BCUT2D eigenvalue weighted by molar-refractivity contribution is 5.94. The molecule has 0 saturated carbocycles. The molecular formula is C28H25NO4. The molecular weight excluding hydrogens is 414 g/mol. The van der Waals surface area contributed by atoms with Crippen LogP contribution >= 0.6 is 0 Å². The van der Waals surface area contributed by atoms with E-state index < -0.39 is 0 Å². The molecule has 0 spiro atoms. The standard InChI is InChI=1S/C28H25NO4/c30-28(23-9-3-1-4-10-23)29-21-22-8-7-13-27(20-22)32-19-18-31-24-14-16-26(17-15-24)33-25-11-5-2-6-12-25/h1-17,20H,18-19,21H2,(H,29,30). The first-order valence-electron chi connectivity index (χ1n) is 10.8. The number of ether oxygens (including phenoxy) is 3. The maximum absolute atomic E-state index is 12.2. The largest absolute Gasteiger partial charge is 0.490 e. The van der Waals surface area contributed by atoms with Crippen LogP contribution in [0.4, 0.5) is 0 Å². The summed E-state index contributed by atoms with van der Waals surface area (Å²) in [7, 11) is 0. The van der Waals surface area contributed by atoms with Gasteiger partial charge in [0.05, 0.1) is 0 Å². The highest BCUT2D eigenvalue weighted by Crippen LogP contribution is 2.23. The lowest BCUT2D eigenvalue weighted by molar-refractivity contribution is 0.0951.